The van der Waals surface area contributed by atoms with Gasteiger partial charge in [0, 0.05) is 6.20 Å². The maximum Gasteiger partial charge on any atom is 0.342 e. The predicted octanol–water partition coefficient (Wildman–Crippen LogP) is 2.01. The molecule has 150 valence electrons. The molecule has 2 amide bonds. The van der Waals surface area contributed by atoms with E-state index in [1.165, 1.54) is 17.8 Å². The summed E-state index contributed by atoms with van der Waals surface area (Å²) in [7, 11) is 0. The second kappa shape index (κ2) is 7.97. The van der Waals surface area contributed by atoms with Gasteiger partial charge in [0.2, 0.25) is 5.88 Å². The van der Waals surface area contributed by atoms with Crippen LogP contribution in [0, 0.1) is 13.8 Å². The van der Waals surface area contributed by atoms with Crippen LogP contribution < -0.4 is 11.1 Å². The van der Waals surface area contributed by atoms with E-state index in [0.717, 1.165) is 0 Å². The molecular weight excluding hydrogens is 378 g/mol. The van der Waals surface area contributed by atoms with Crippen molar-refractivity contribution < 1.29 is 23.5 Å². The molecule has 0 aliphatic heterocycles. The Morgan fingerprint density at radius 1 is 1.24 bits per heavy atom. The molecule has 29 heavy (non-hydrogen) atoms. The molecule has 3 aromatic rings. The zero-order valence-corrected chi connectivity index (χ0v) is 16.1. The Labute approximate surface area is 165 Å². The molecular formula is C19H19N5O5. The van der Waals surface area contributed by atoms with Crippen molar-refractivity contribution in [1.29, 1.82) is 0 Å². The largest absolute Gasteiger partial charge is 0.462 e. The molecule has 3 heterocycles. The molecule has 0 bridgehead atoms. The predicted molar refractivity (Wildman–Crippen MR) is 102 cm³/mol. The van der Waals surface area contributed by atoms with Crippen LogP contribution in [-0.4, -0.2) is 39.2 Å². The first-order valence-corrected chi connectivity index (χ1v) is 8.72. The Morgan fingerprint density at radius 3 is 2.62 bits per heavy atom. The van der Waals surface area contributed by atoms with E-state index in [0.29, 0.717) is 11.5 Å². The second-order valence-corrected chi connectivity index (χ2v) is 6.02. The standard InChI is InChI=1S/C19H19N5O5/c1-4-28-19(27)14-11(3)29-18(15(14)16(20)25)23-17(26)12-9-22-24(10(12)2)13-7-5-6-8-21-13/h5-9H,4H2,1-3H3,(H2,20,25)(H,23,26). The van der Waals surface area contributed by atoms with E-state index in [2.05, 4.69) is 15.4 Å². The first-order chi connectivity index (χ1) is 13.8. The number of aromatic nitrogens is 3. The van der Waals surface area contributed by atoms with Crippen LogP contribution in [-0.2, 0) is 4.74 Å². The number of anilines is 1. The minimum Gasteiger partial charge on any atom is -0.462 e. The van der Waals surface area contributed by atoms with Crippen molar-refractivity contribution in [2.24, 2.45) is 5.73 Å². The van der Waals surface area contributed by atoms with Gasteiger partial charge in [-0.05, 0) is 32.9 Å². The average Bonchev–Trinajstić information content (AvgIpc) is 3.22. The van der Waals surface area contributed by atoms with Gasteiger partial charge in [0.15, 0.2) is 5.82 Å². The van der Waals surface area contributed by atoms with Crippen molar-refractivity contribution in [1.82, 2.24) is 14.8 Å². The van der Waals surface area contributed by atoms with Crippen molar-refractivity contribution in [3.63, 3.8) is 0 Å². The van der Waals surface area contributed by atoms with Crippen molar-refractivity contribution in [2.45, 2.75) is 20.8 Å². The molecule has 0 unspecified atom stereocenters. The highest BCUT2D eigenvalue weighted by atomic mass is 16.5. The molecule has 0 aliphatic rings. The van der Waals surface area contributed by atoms with Crippen LogP contribution in [0.25, 0.3) is 5.82 Å². The number of furan rings is 1. The highest BCUT2D eigenvalue weighted by Gasteiger charge is 2.29. The molecule has 0 aliphatic carbocycles. The number of pyridine rings is 1. The van der Waals surface area contributed by atoms with Gasteiger partial charge < -0.3 is 14.9 Å². The van der Waals surface area contributed by atoms with Crippen molar-refractivity contribution >= 4 is 23.7 Å². The van der Waals surface area contributed by atoms with Crippen LogP contribution in [0.5, 0.6) is 0 Å². The maximum absolute atomic E-state index is 12.8. The number of hydrogen-bond donors (Lipinski definition) is 2. The van der Waals surface area contributed by atoms with Crippen LogP contribution in [0.2, 0.25) is 0 Å². The lowest BCUT2D eigenvalue weighted by molar-refractivity contribution is 0.0521. The fourth-order valence-electron chi connectivity index (χ4n) is 2.83. The van der Waals surface area contributed by atoms with E-state index >= 15 is 0 Å². The average molecular weight is 397 g/mol. The summed E-state index contributed by atoms with van der Waals surface area (Å²) in [5, 5.41) is 6.66. The van der Waals surface area contributed by atoms with Gasteiger partial charge in [-0.25, -0.2) is 14.5 Å². The van der Waals surface area contributed by atoms with E-state index in [1.807, 2.05) is 0 Å². The Morgan fingerprint density at radius 2 is 2.00 bits per heavy atom. The van der Waals surface area contributed by atoms with E-state index in [1.54, 1.807) is 38.2 Å². The minimum atomic E-state index is -0.930. The molecule has 0 fully saturated rings. The van der Waals surface area contributed by atoms with Crippen molar-refractivity contribution in [3.05, 3.63) is 58.7 Å². The fourth-order valence-corrected chi connectivity index (χ4v) is 2.83. The summed E-state index contributed by atoms with van der Waals surface area (Å²) in [4.78, 5) is 41.0. The lowest BCUT2D eigenvalue weighted by Crippen LogP contribution is -2.20. The smallest absolute Gasteiger partial charge is 0.342 e. The lowest BCUT2D eigenvalue weighted by atomic mass is 10.1. The number of ether oxygens (including phenoxy) is 1. The summed E-state index contributed by atoms with van der Waals surface area (Å²) < 4.78 is 11.9. The number of nitrogens with zero attached hydrogens (tertiary/aromatic N) is 3. The van der Waals surface area contributed by atoms with Gasteiger partial charge in [0.1, 0.15) is 16.9 Å². The third kappa shape index (κ3) is 3.72. The number of rotatable bonds is 6. The highest BCUT2D eigenvalue weighted by molar-refractivity contribution is 6.12. The Hall–Kier alpha value is -3.95. The first kappa shape index (κ1) is 19.8. The molecule has 0 saturated heterocycles. The van der Waals surface area contributed by atoms with Crippen molar-refractivity contribution in [3.8, 4) is 5.82 Å². The molecule has 0 atom stereocenters. The number of primary amides is 1. The maximum atomic E-state index is 12.8. The SMILES string of the molecule is CCOC(=O)c1c(C)oc(NC(=O)c2cnn(-c3ccccn3)c2C)c1C(N)=O. The normalized spacial score (nSPS) is 10.6. The van der Waals surface area contributed by atoms with Gasteiger partial charge in [-0.15, -0.1) is 0 Å². The van der Waals surface area contributed by atoms with Gasteiger partial charge in [0.25, 0.3) is 11.8 Å². The Bertz CT molecular complexity index is 1080. The highest BCUT2D eigenvalue weighted by Crippen LogP contribution is 2.28. The molecule has 3 rings (SSSR count). The van der Waals surface area contributed by atoms with Crippen LogP contribution in [0.4, 0.5) is 5.88 Å². The number of carbonyl (C=O) groups excluding carboxylic acids is 3. The zero-order chi connectivity index (χ0) is 21.1. The van der Waals surface area contributed by atoms with E-state index in [9.17, 15) is 14.4 Å². The summed E-state index contributed by atoms with van der Waals surface area (Å²) in [5.74, 6) is -1.86. The molecule has 10 nitrogen and oxygen atoms in total. The first-order valence-electron chi connectivity index (χ1n) is 8.72. The Balaban J connectivity index is 1.94. The van der Waals surface area contributed by atoms with Crippen LogP contribution in [0.1, 0.15) is 49.5 Å². The molecule has 3 N–H and O–H groups in total. The quantitative estimate of drug-likeness (QED) is 0.606. The summed E-state index contributed by atoms with van der Waals surface area (Å²) >= 11 is 0. The van der Waals surface area contributed by atoms with E-state index in [-0.39, 0.29) is 34.9 Å². The zero-order valence-electron chi connectivity index (χ0n) is 16.1. The molecule has 10 heteroatoms. The lowest BCUT2D eigenvalue weighted by Gasteiger charge is -2.06. The fraction of sp³-hybridized carbons (Fsp3) is 0.211. The molecule has 0 aromatic carbocycles. The van der Waals surface area contributed by atoms with Gasteiger partial charge in [-0.2, -0.15) is 5.10 Å². The minimum absolute atomic E-state index is 0.105. The number of esters is 1. The third-order valence-corrected chi connectivity index (χ3v) is 4.16. The van der Waals surface area contributed by atoms with Gasteiger partial charge in [-0.3, -0.25) is 14.9 Å². The van der Waals surface area contributed by atoms with Crippen molar-refractivity contribution in [2.75, 3.05) is 11.9 Å². The molecule has 0 saturated carbocycles. The van der Waals surface area contributed by atoms with E-state index < -0.39 is 17.8 Å². The summed E-state index contributed by atoms with van der Waals surface area (Å²) in [6, 6.07) is 5.31. The number of hydrogen-bond acceptors (Lipinski definition) is 7. The Kier molecular flexibility index (Phi) is 5.44. The van der Waals surface area contributed by atoms with Gasteiger partial charge in [-0.1, -0.05) is 6.07 Å². The number of nitrogens with one attached hydrogen (secondary N) is 1. The van der Waals surface area contributed by atoms with Crippen LogP contribution >= 0.6 is 0 Å². The number of amides is 2. The summed E-state index contributed by atoms with van der Waals surface area (Å²) in [6.45, 7) is 4.90. The third-order valence-electron chi connectivity index (χ3n) is 4.16. The molecule has 0 spiro atoms. The summed E-state index contributed by atoms with van der Waals surface area (Å²) in [5.41, 5.74) is 5.80. The van der Waals surface area contributed by atoms with Gasteiger partial charge >= 0.3 is 5.97 Å². The molecule has 3 aromatic heterocycles. The van der Waals surface area contributed by atoms with Gasteiger partial charge in [0.05, 0.1) is 24.1 Å². The number of nitrogens with two attached hydrogens (primary N) is 1. The topological polar surface area (TPSA) is 142 Å². The number of aryl methyl sites for hydroxylation is 1. The summed E-state index contributed by atoms with van der Waals surface area (Å²) in [6.07, 6.45) is 2.98. The molecule has 0 radical (unpaired) electrons. The second-order valence-electron chi connectivity index (χ2n) is 6.02. The van der Waals surface area contributed by atoms with E-state index in [4.69, 9.17) is 14.9 Å². The number of carbonyl (C=O) groups is 3. The van der Waals surface area contributed by atoms with Crippen LogP contribution in [0.3, 0.4) is 0 Å². The van der Waals surface area contributed by atoms with Crippen LogP contribution in [0.15, 0.2) is 35.0 Å². The monoisotopic (exact) mass is 397 g/mol.